The maximum atomic E-state index is 4.39. The molecule has 0 saturated heterocycles. The second kappa shape index (κ2) is 10.1. The summed E-state index contributed by atoms with van der Waals surface area (Å²) in [5, 5.41) is 4.95. The average molecular weight is 555 g/mol. The zero-order valence-electron chi connectivity index (χ0n) is 22.9. The topological polar surface area (TPSA) is 17.8 Å². The lowest BCUT2D eigenvalue weighted by Crippen LogP contribution is -2.27. The van der Waals surface area contributed by atoms with E-state index >= 15 is 0 Å². The molecule has 5 aromatic carbocycles. The number of rotatable bonds is 4. The molecule has 1 aliphatic rings. The number of pyridine rings is 1. The second-order valence-corrected chi connectivity index (χ2v) is 11.6. The lowest BCUT2D eigenvalue weighted by atomic mass is 10.00. The molecule has 0 N–H and O–H groups in total. The van der Waals surface area contributed by atoms with Crippen molar-refractivity contribution in [1.29, 1.82) is 0 Å². The fourth-order valence-electron chi connectivity index (χ4n) is 6.13. The summed E-state index contributed by atoms with van der Waals surface area (Å²) >= 11 is 1.84. The van der Waals surface area contributed by atoms with Gasteiger partial charge in [0, 0.05) is 44.1 Å². The summed E-state index contributed by atoms with van der Waals surface area (Å²) in [7, 11) is 0. The number of nitrogens with zero attached hydrogens (tertiary/aromatic N) is 2. The zero-order valence-corrected chi connectivity index (χ0v) is 23.7. The van der Waals surface area contributed by atoms with Crippen molar-refractivity contribution in [3.63, 3.8) is 0 Å². The Labute approximate surface area is 248 Å². The van der Waals surface area contributed by atoms with Gasteiger partial charge in [0.1, 0.15) is 0 Å². The van der Waals surface area contributed by atoms with Gasteiger partial charge < -0.3 is 4.57 Å². The van der Waals surface area contributed by atoms with Crippen molar-refractivity contribution in [3.8, 4) is 27.9 Å². The maximum absolute atomic E-state index is 4.39. The Hall–Kier alpha value is -5.12. The lowest BCUT2D eigenvalue weighted by molar-refractivity contribution is 1.18. The van der Waals surface area contributed by atoms with Crippen molar-refractivity contribution in [2.75, 3.05) is 0 Å². The molecule has 0 atom stereocenters. The van der Waals surface area contributed by atoms with Crippen LogP contribution in [0.25, 0.3) is 61.9 Å². The van der Waals surface area contributed by atoms with Crippen LogP contribution in [-0.2, 0) is 0 Å². The van der Waals surface area contributed by atoms with Crippen LogP contribution in [0.2, 0.25) is 0 Å². The molecule has 0 radical (unpaired) electrons. The third-order valence-electron chi connectivity index (χ3n) is 8.05. The molecule has 7 aromatic rings. The van der Waals surface area contributed by atoms with Gasteiger partial charge in [-0.25, -0.2) is 0 Å². The number of aromatic nitrogens is 2. The summed E-state index contributed by atoms with van der Waals surface area (Å²) in [6.07, 6.45) is 10.0. The minimum atomic E-state index is 1.11. The molecule has 0 bridgehead atoms. The summed E-state index contributed by atoms with van der Waals surface area (Å²) < 4.78 is 2.39. The van der Waals surface area contributed by atoms with E-state index in [4.69, 9.17) is 0 Å². The van der Waals surface area contributed by atoms with Gasteiger partial charge in [0.2, 0.25) is 0 Å². The molecule has 2 nitrogen and oxygen atoms in total. The minimum absolute atomic E-state index is 1.11. The van der Waals surface area contributed by atoms with Crippen molar-refractivity contribution < 1.29 is 0 Å². The SMILES string of the molecule is C=C/C=c1/cccc2c1=Cc1cc(-c3ccc4c(c3)c3ccccc3n4-c3ccccc3-c3cccnc3)ccc1S2. The number of fused-ring (bicyclic) bond motifs is 5. The highest BCUT2D eigenvalue weighted by Crippen LogP contribution is 2.39. The van der Waals surface area contributed by atoms with Crippen LogP contribution < -0.4 is 10.4 Å². The van der Waals surface area contributed by atoms with E-state index in [-0.39, 0.29) is 0 Å². The van der Waals surface area contributed by atoms with Crippen LogP contribution in [0.4, 0.5) is 0 Å². The first-order valence-corrected chi connectivity index (χ1v) is 14.9. The predicted molar refractivity (Wildman–Crippen MR) is 177 cm³/mol. The maximum Gasteiger partial charge on any atom is 0.0541 e. The fraction of sp³-hybridized carbons (Fsp3) is 0. The van der Waals surface area contributed by atoms with E-state index in [0.29, 0.717) is 0 Å². The first-order valence-electron chi connectivity index (χ1n) is 14.1. The Balaban J connectivity index is 1.31. The molecule has 0 amide bonds. The summed E-state index contributed by atoms with van der Waals surface area (Å²) in [5.74, 6) is 0. The Morgan fingerprint density at radius 2 is 1.50 bits per heavy atom. The second-order valence-electron chi connectivity index (χ2n) is 10.5. The van der Waals surface area contributed by atoms with Crippen LogP contribution in [-0.4, -0.2) is 9.55 Å². The smallest absolute Gasteiger partial charge is 0.0541 e. The predicted octanol–water partition coefficient (Wildman–Crippen LogP) is 8.77. The van der Waals surface area contributed by atoms with E-state index in [1.54, 1.807) is 0 Å². The summed E-state index contributed by atoms with van der Waals surface area (Å²) in [6.45, 7) is 3.91. The molecule has 1 aliphatic heterocycles. The molecule has 198 valence electrons. The van der Waals surface area contributed by atoms with Gasteiger partial charge in [-0.1, -0.05) is 97.2 Å². The van der Waals surface area contributed by atoms with Crippen LogP contribution >= 0.6 is 11.8 Å². The number of hydrogen-bond acceptors (Lipinski definition) is 2. The van der Waals surface area contributed by atoms with E-state index in [2.05, 4.69) is 137 Å². The van der Waals surface area contributed by atoms with Gasteiger partial charge in [-0.05, 0) is 81.7 Å². The number of allylic oxidation sites excluding steroid dienone is 1. The fourth-order valence-corrected chi connectivity index (χ4v) is 7.17. The standard InChI is InChI=1S/C39H26N2S/c1-2-9-26-10-7-16-39-33(26)24-30-22-27(18-20-38(30)42-39)28-17-19-37-34(23-28)32-13-4-6-15-36(32)41(37)35-14-5-3-12-31(35)29-11-8-21-40-25-29/h2-25H,1H2/b26-9-. The molecule has 0 fully saturated rings. The molecule has 0 spiro atoms. The van der Waals surface area contributed by atoms with Crippen LogP contribution in [0.5, 0.6) is 0 Å². The summed E-state index contributed by atoms with van der Waals surface area (Å²) in [4.78, 5) is 6.96. The number of para-hydroxylation sites is 2. The van der Waals surface area contributed by atoms with E-state index in [1.165, 1.54) is 58.7 Å². The molecular formula is C39H26N2S. The van der Waals surface area contributed by atoms with E-state index in [0.717, 1.165) is 16.8 Å². The molecule has 42 heavy (non-hydrogen) atoms. The Kier molecular flexibility index (Phi) is 5.90. The average Bonchev–Trinajstić information content (AvgIpc) is 3.38. The zero-order chi connectivity index (χ0) is 28.0. The first-order chi connectivity index (χ1) is 20.8. The van der Waals surface area contributed by atoms with Gasteiger partial charge >= 0.3 is 0 Å². The van der Waals surface area contributed by atoms with Crippen LogP contribution in [0.15, 0.2) is 150 Å². The highest BCUT2D eigenvalue weighted by Gasteiger charge is 2.17. The minimum Gasteiger partial charge on any atom is -0.309 e. The number of hydrogen-bond donors (Lipinski definition) is 0. The highest BCUT2D eigenvalue weighted by atomic mass is 32.2. The molecule has 0 unspecified atom stereocenters. The van der Waals surface area contributed by atoms with Gasteiger partial charge in [0.15, 0.2) is 0 Å². The Bertz CT molecular complexity index is 2290. The highest BCUT2D eigenvalue weighted by molar-refractivity contribution is 7.99. The Morgan fingerprint density at radius 1 is 0.667 bits per heavy atom. The van der Waals surface area contributed by atoms with E-state index in [9.17, 15) is 0 Å². The van der Waals surface area contributed by atoms with Gasteiger partial charge in [0.05, 0.1) is 16.7 Å². The number of benzene rings is 5. The molecular weight excluding hydrogens is 529 g/mol. The van der Waals surface area contributed by atoms with Gasteiger partial charge in [0.25, 0.3) is 0 Å². The monoisotopic (exact) mass is 554 g/mol. The van der Waals surface area contributed by atoms with Crippen molar-refractivity contribution >= 4 is 45.7 Å². The Morgan fingerprint density at radius 3 is 2.40 bits per heavy atom. The van der Waals surface area contributed by atoms with Crippen molar-refractivity contribution in [1.82, 2.24) is 9.55 Å². The molecule has 0 saturated carbocycles. The van der Waals surface area contributed by atoms with E-state index < -0.39 is 0 Å². The molecule has 3 heteroatoms. The van der Waals surface area contributed by atoms with Crippen molar-refractivity contribution in [3.05, 3.63) is 156 Å². The normalized spacial score (nSPS) is 12.6. The largest absolute Gasteiger partial charge is 0.309 e. The van der Waals surface area contributed by atoms with Crippen LogP contribution in [0.3, 0.4) is 0 Å². The summed E-state index contributed by atoms with van der Waals surface area (Å²) in [6, 6.07) is 41.6. The molecule has 3 heterocycles. The lowest BCUT2D eigenvalue weighted by Gasteiger charge is -2.15. The third kappa shape index (κ3) is 4.01. The summed E-state index contributed by atoms with van der Waals surface area (Å²) in [5.41, 5.74) is 9.48. The van der Waals surface area contributed by atoms with Gasteiger partial charge in [-0.15, -0.1) is 0 Å². The third-order valence-corrected chi connectivity index (χ3v) is 9.22. The van der Waals surface area contributed by atoms with Crippen LogP contribution in [0, 0.1) is 0 Å². The van der Waals surface area contributed by atoms with E-state index in [1.807, 2.05) is 36.3 Å². The molecule has 8 rings (SSSR count). The van der Waals surface area contributed by atoms with Crippen molar-refractivity contribution in [2.24, 2.45) is 0 Å². The molecule has 0 aliphatic carbocycles. The quantitative estimate of drug-likeness (QED) is 0.216. The van der Waals surface area contributed by atoms with Gasteiger partial charge in [-0.2, -0.15) is 0 Å². The van der Waals surface area contributed by atoms with Gasteiger partial charge in [-0.3, -0.25) is 4.98 Å². The molecule has 2 aromatic heterocycles. The first kappa shape index (κ1) is 24.7. The van der Waals surface area contributed by atoms with Crippen LogP contribution in [0.1, 0.15) is 5.56 Å². The van der Waals surface area contributed by atoms with Crippen molar-refractivity contribution in [2.45, 2.75) is 9.79 Å².